The van der Waals surface area contributed by atoms with Crippen LogP contribution in [0.2, 0.25) is 0 Å². The van der Waals surface area contributed by atoms with Crippen molar-refractivity contribution >= 4 is 7.44 Å². The minimum absolute atomic E-state index is 0.0127. The van der Waals surface area contributed by atoms with Gasteiger partial charge in [-0.1, -0.05) is 30.3 Å². The van der Waals surface area contributed by atoms with E-state index in [-0.39, 0.29) is 5.66 Å². The van der Waals surface area contributed by atoms with Gasteiger partial charge in [-0.05, 0) is 40.7 Å². The quantitative estimate of drug-likeness (QED) is 0.756. The van der Waals surface area contributed by atoms with Crippen LogP contribution in [0, 0.1) is 0 Å². The summed E-state index contributed by atoms with van der Waals surface area (Å²) in [5, 5.41) is 0. The molecule has 0 bridgehead atoms. The van der Waals surface area contributed by atoms with Gasteiger partial charge in [-0.25, -0.2) is 9.34 Å². The minimum Gasteiger partial charge on any atom is -0.288 e. The van der Waals surface area contributed by atoms with Crippen molar-refractivity contribution in [3.63, 3.8) is 0 Å². The number of nitrogens with zero attached hydrogens (tertiary/aromatic N) is 2. The van der Waals surface area contributed by atoms with Crippen LogP contribution in [0.5, 0.6) is 0 Å². The molecule has 0 N–H and O–H groups in total. The molecule has 0 heterocycles. The largest absolute Gasteiger partial charge is 0.288 e. The average molecular weight is 240 g/mol. The SMILES string of the molecule is CC(c1ccccc1)P(=O)(N(C)C)N(C)C. The molecule has 0 aliphatic rings. The van der Waals surface area contributed by atoms with Gasteiger partial charge in [0.15, 0.2) is 0 Å². The first-order valence-corrected chi connectivity index (χ1v) is 7.09. The zero-order valence-corrected chi connectivity index (χ0v) is 11.6. The van der Waals surface area contributed by atoms with Crippen LogP contribution in [0.25, 0.3) is 0 Å². The van der Waals surface area contributed by atoms with Gasteiger partial charge in [-0.3, -0.25) is 4.57 Å². The molecule has 0 aliphatic carbocycles. The number of benzene rings is 1. The zero-order valence-electron chi connectivity index (χ0n) is 10.7. The topological polar surface area (TPSA) is 23.6 Å². The van der Waals surface area contributed by atoms with Gasteiger partial charge in [0.25, 0.3) is 0 Å². The summed E-state index contributed by atoms with van der Waals surface area (Å²) in [7, 11) is 4.99. The van der Waals surface area contributed by atoms with Crippen LogP contribution in [-0.4, -0.2) is 37.5 Å². The van der Waals surface area contributed by atoms with E-state index in [4.69, 9.17) is 0 Å². The van der Waals surface area contributed by atoms with Gasteiger partial charge in [0, 0.05) is 0 Å². The number of rotatable bonds is 4. The van der Waals surface area contributed by atoms with Crippen LogP contribution in [-0.2, 0) is 4.57 Å². The predicted octanol–water partition coefficient (Wildman–Crippen LogP) is 3.06. The Morgan fingerprint density at radius 2 is 1.44 bits per heavy atom. The van der Waals surface area contributed by atoms with Crippen molar-refractivity contribution in [2.24, 2.45) is 0 Å². The summed E-state index contributed by atoms with van der Waals surface area (Å²) in [5.41, 5.74) is 1.13. The number of hydrogen-bond donors (Lipinski definition) is 0. The molecule has 1 aromatic carbocycles. The second kappa shape index (κ2) is 5.13. The Kier molecular flexibility index (Phi) is 4.31. The van der Waals surface area contributed by atoms with Crippen molar-refractivity contribution in [2.75, 3.05) is 28.2 Å². The molecule has 1 unspecified atom stereocenters. The van der Waals surface area contributed by atoms with Gasteiger partial charge in [-0.2, -0.15) is 0 Å². The molecule has 0 spiro atoms. The Balaban J connectivity index is 3.12. The van der Waals surface area contributed by atoms with Crippen molar-refractivity contribution in [2.45, 2.75) is 12.6 Å². The molecule has 1 rings (SSSR count). The summed E-state index contributed by atoms with van der Waals surface area (Å²) in [6.07, 6.45) is 0. The molecule has 0 radical (unpaired) electrons. The molecule has 0 saturated carbocycles. The molecule has 0 amide bonds. The second-order valence-corrected chi connectivity index (χ2v) is 7.92. The van der Waals surface area contributed by atoms with Gasteiger partial charge in [-0.15, -0.1) is 0 Å². The van der Waals surface area contributed by atoms with Gasteiger partial charge < -0.3 is 0 Å². The van der Waals surface area contributed by atoms with Crippen molar-refractivity contribution in [1.82, 2.24) is 9.34 Å². The van der Waals surface area contributed by atoms with E-state index in [1.54, 1.807) is 0 Å². The lowest BCUT2D eigenvalue weighted by Crippen LogP contribution is -2.24. The predicted molar refractivity (Wildman–Crippen MR) is 69.8 cm³/mol. The average Bonchev–Trinajstić information content (AvgIpc) is 2.27. The van der Waals surface area contributed by atoms with E-state index < -0.39 is 7.44 Å². The second-order valence-electron chi connectivity index (χ2n) is 4.37. The van der Waals surface area contributed by atoms with E-state index in [0.29, 0.717) is 0 Å². The fourth-order valence-corrected chi connectivity index (χ4v) is 4.64. The number of hydrogen-bond acceptors (Lipinski definition) is 1. The van der Waals surface area contributed by atoms with Gasteiger partial charge in [0.2, 0.25) is 7.44 Å². The first-order valence-electron chi connectivity index (χ1n) is 5.41. The van der Waals surface area contributed by atoms with E-state index in [9.17, 15) is 4.57 Å². The molecule has 0 saturated heterocycles. The Morgan fingerprint density at radius 1 is 1.00 bits per heavy atom. The molecule has 0 aromatic heterocycles. The molecule has 1 aromatic rings. The smallest absolute Gasteiger partial charge is 0.222 e. The molecule has 1 atom stereocenters. The Bertz CT molecular complexity index is 364. The lowest BCUT2D eigenvalue weighted by Gasteiger charge is -2.35. The van der Waals surface area contributed by atoms with Gasteiger partial charge in [0.1, 0.15) is 0 Å². The van der Waals surface area contributed by atoms with Crippen LogP contribution in [0.15, 0.2) is 30.3 Å². The molecule has 16 heavy (non-hydrogen) atoms. The van der Waals surface area contributed by atoms with Crippen LogP contribution in [0.4, 0.5) is 0 Å². The standard InChI is InChI=1S/C12H21N2OP/c1-11(12-9-7-6-8-10-12)16(15,13(2)3)14(4)5/h6-11H,1-5H3. The third-order valence-corrected chi connectivity index (χ3v) is 6.53. The van der Waals surface area contributed by atoms with E-state index >= 15 is 0 Å². The first-order chi connectivity index (χ1) is 7.40. The molecule has 0 aliphatic heterocycles. The monoisotopic (exact) mass is 240 g/mol. The summed E-state index contributed by atoms with van der Waals surface area (Å²) >= 11 is 0. The highest BCUT2D eigenvalue weighted by atomic mass is 31.2. The fourth-order valence-electron chi connectivity index (χ4n) is 1.98. The maximum absolute atomic E-state index is 13.0. The van der Waals surface area contributed by atoms with Gasteiger partial charge >= 0.3 is 0 Å². The molecule has 90 valence electrons. The third kappa shape index (κ3) is 2.37. The molecule has 0 fully saturated rings. The summed E-state index contributed by atoms with van der Waals surface area (Å²) in [6.45, 7) is 2.02. The van der Waals surface area contributed by atoms with E-state index in [2.05, 4.69) is 0 Å². The Morgan fingerprint density at radius 3 is 1.81 bits per heavy atom. The van der Waals surface area contributed by atoms with Crippen LogP contribution < -0.4 is 0 Å². The highest BCUT2D eigenvalue weighted by Gasteiger charge is 2.35. The molecular weight excluding hydrogens is 219 g/mol. The molecule has 3 nitrogen and oxygen atoms in total. The highest BCUT2D eigenvalue weighted by molar-refractivity contribution is 7.59. The zero-order chi connectivity index (χ0) is 12.3. The normalized spacial score (nSPS) is 14.4. The third-order valence-electron chi connectivity index (χ3n) is 2.93. The van der Waals surface area contributed by atoms with Crippen LogP contribution in [0.3, 0.4) is 0 Å². The van der Waals surface area contributed by atoms with Crippen molar-refractivity contribution < 1.29 is 4.57 Å². The summed E-state index contributed by atoms with van der Waals surface area (Å²) in [5.74, 6) is 0. The maximum Gasteiger partial charge on any atom is 0.222 e. The highest BCUT2D eigenvalue weighted by Crippen LogP contribution is 2.61. The van der Waals surface area contributed by atoms with Crippen LogP contribution in [0.1, 0.15) is 18.1 Å². The maximum atomic E-state index is 13.0. The van der Waals surface area contributed by atoms with Crippen molar-refractivity contribution in [3.05, 3.63) is 35.9 Å². The van der Waals surface area contributed by atoms with Gasteiger partial charge in [0.05, 0.1) is 5.66 Å². The Labute approximate surface area is 98.5 Å². The lowest BCUT2D eigenvalue weighted by molar-refractivity contribution is 0.437. The van der Waals surface area contributed by atoms with Crippen molar-refractivity contribution in [1.29, 1.82) is 0 Å². The summed E-state index contributed by atoms with van der Waals surface area (Å²) in [4.78, 5) is 0. The minimum atomic E-state index is -2.51. The summed E-state index contributed by atoms with van der Waals surface area (Å²) < 4.78 is 16.6. The molecule has 4 heteroatoms. The van der Waals surface area contributed by atoms with E-state index in [0.717, 1.165) is 5.56 Å². The molecular formula is C12H21N2OP. The lowest BCUT2D eigenvalue weighted by atomic mass is 10.2. The summed E-state index contributed by atoms with van der Waals surface area (Å²) in [6, 6.07) is 10.0. The van der Waals surface area contributed by atoms with E-state index in [1.165, 1.54) is 0 Å². The Hall–Kier alpha value is -0.630. The van der Waals surface area contributed by atoms with Crippen LogP contribution >= 0.6 is 7.44 Å². The van der Waals surface area contributed by atoms with E-state index in [1.807, 2.05) is 74.8 Å². The first kappa shape index (κ1) is 13.4. The fraction of sp³-hybridized carbons (Fsp3) is 0.500. The van der Waals surface area contributed by atoms with Crippen molar-refractivity contribution in [3.8, 4) is 0 Å².